The van der Waals surface area contributed by atoms with Gasteiger partial charge in [0.1, 0.15) is 11.6 Å². The van der Waals surface area contributed by atoms with E-state index < -0.39 is 17.7 Å². The van der Waals surface area contributed by atoms with Gasteiger partial charge in [0.2, 0.25) is 11.8 Å². The Labute approximate surface area is 121 Å². The molecule has 0 spiro atoms. The van der Waals surface area contributed by atoms with Gasteiger partial charge in [0.25, 0.3) is 0 Å². The lowest BCUT2D eigenvalue weighted by Crippen LogP contribution is -2.48. The summed E-state index contributed by atoms with van der Waals surface area (Å²) in [6.45, 7) is 3.59. The number of amides is 2. The molecule has 1 aliphatic rings. The van der Waals surface area contributed by atoms with Crippen LogP contribution in [0.1, 0.15) is 38.3 Å². The van der Waals surface area contributed by atoms with Crippen molar-refractivity contribution in [2.24, 2.45) is 11.1 Å². The van der Waals surface area contributed by atoms with E-state index in [2.05, 4.69) is 0 Å². The van der Waals surface area contributed by atoms with Crippen molar-refractivity contribution in [1.82, 2.24) is 4.90 Å². The lowest BCUT2D eigenvalue weighted by atomic mass is 9.81. The maximum Gasteiger partial charge on any atom is 0.229 e. The number of nitrogens with two attached hydrogens (primary N) is 1. The molecule has 2 amide bonds. The Morgan fingerprint density at radius 1 is 1.24 bits per heavy atom. The Kier molecular flexibility index (Phi) is 4.09. The number of imide groups is 1. The molecule has 2 N–H and O–H groups in total. The van der Waals surface area contributed by atoms with E-state index >= 15 is 0 Å². The quantitative estimate of drug-likeness (QED) is 0.869. The lowest BCUT2D eigenvalue weighted by Gasteiger charge is -2.35. The number of benzene rings is 1. The summed E-state index contributed by atoms with van der Waals surface area (Å²) in [6, 6.07) is 2.19. The summed E-state index contributed by atoms with van der Waals surface area (Å²) in [5, 5.41) is 0. The molecule has 0 bridgehead atoms. The summed E-state index contributed by atoms with van der Waals surface area (Å²) in [5.74, 6) is -2.10. The highest BCUT2D eigenvalue weighted by Crippen LogP contribution is 2.32. The third-order valence-corrected chi connectivity index (χ3v) is 3.60. The van der Waals surface area contributed by atoms with E-state index in [1.54, 1.807) is 0 Å². The zero-order valence-electron chi connectivity index (χ0n) is 12.0. The maximum atomic E-state index is 13.7. The fourth-order valence-electron chi connectivity index (χ4n) is 2.51. The summed E-state index contributed by atoms with van der Waals surface area (Å²) in [4.78, 5) is 25.1. The third kappa shape index (κ3) is 3.44. The van der Waals surface area contributed by atoms with Gasteiger partial charge in [0.15, 0.2) is 0 Å². The Morgan fingerprint density at radius 3 is 2.33 bits per heavy atom. The van der Waals surface area contributed by atoms with Crippen LogP contribution < -0.4 is 5.73 Å². The fraction of sp³-hybridized carbons (Fsp3) is 0.467. The number of halogens is 2. The lowest BCUT2D eigenvalue weighted by molar-refractivity contribution is -0.152. The van der Waals surface area contributed by atoms with Crippen LogP contribution in [0.5, 0.6) is 0 Å². The summed E-state index contributed by atoms with van der Waals surface area (Å²) in [7, 11) is 0. The molecule has 0 aliphatic carbocycles. The minimum atomic E-state index is -0.875. The van der Waals surface area contributed by atoms with Gasteiger partial charge in [-0.15, -0.1) is 0 Å². The normalized spacial score (nSPS) is 19.8. The van der Waals surface area contributed by atoms with Crippen LogP contribution in [-0.4, -0.2) is 23.3 Å². The first-order chi connectivity index (χ1) is 9.69. The molecule has 1 atom stereocenters. The molecule has 1 heterocycles. The molecular weight excluding hydrogens is 278 g/mol. The number of hydrogen-bond donors (Lipinski definition) is 1. The second-order valence-electron chi connectivity index (χ2n) is 6.19. The van der Waals surface area contributed by atoms with Crippen molar-refractivity contribution in [3.8, 4) is 0 Å². The van der Waals surface area contributed by atoms with Crippen molar-refractivity contribution in [1.29, 1.82) is 0 Å². The maximum absolute atomic E-state index is 13.7. The summed E-state index contributed by atoms with van der Waals surface area (Å²) >= 11 is 0. The van der Waals surface area contributed by atoms with Gasteiger partial charge in [-0.3, -0.25) is 14.5 Å². The number of likely N-dealkylation sites (tertiary alicyclic amines) is 1. The number of carbonyl (C=O) groups excluding carboxylic acids is 2. The second kappa shape index (κ2) is 5.52. The van der Waals surface area contributed by atoms with Gasteiger partial charge in [-0.1, -0.05) is 19.9 Å². The fourth-order valence-corrected chi connectivity index (χ4v) is 2.51. The highest BCUT2D eigenvalue weighted by atomic mass is 19.1. The second-order valence-corrected chi connectivity index (χ2v) is 6.19. The summed E-state index contributed by atoms with van der Waals surface area (Å²) in [6.07, 6.45) is 0.495. The van der Waals surface area contributed by atoms with E-state index in [-0.39, 0.29) is 42.2 Å². The molecule has 4 nitrogen and oxygen atoms in total. The number of hydrogen-bond acceptors (Lipinski definition) is 3. The molecule has 1 unspecified atom stereocenters. The minimum absolute atomic E-state index is 0.0850. The molecular formula is C15H18F2N2O2. The topological polar surface area (TPSA) is 63.4 Å². The Balaban J connectivity index is 2.14. The van der Waals surface area contributed by atoms with Crippen LogP contribution in [0.3, 0.4) is 0 Å². The molecule has 1 aliphatic heterocycles. The first-order valence-corrected chi connectivity index (χ1v) is 6.73. The standard InChI is InChI=1S/C15H18F2N2O2/c1-15(2)6-13(20)19(14(21)7-15)8-12(18)10-4-3-9(16)5-11(10)17/h3-5,12H,6-8,18H2,1-2H3. The monoisotopic (exact) mass is 296 g/mol. The van der Waals surface area contributed by atoms with Gasteiger partial charge in [-0.05, 0) is 11.5 Å². The van der Waals surface area contributed by atoms with Gasteiger partial charge in [-0.2, -0.15) is 0 Å². The number of nitrogens with zero attached hydrogens (tertiary/aromatic N) is 1. The van der Waals surface area contributed by atoms with Crippen LogP contribution in [0, 0.1) is 17.0 Å². The third-order valence-electron chi connectivity index (χ3n) is 3.60. The smallest absolute Gasteiger partial charge is 0.229 e. The highest BCUT2D eigenvalue weighted by molar-refractivity contribution is 5.98. The van der Waals surface area contributed by atoms with Crippen molar-refractivity contribution >= 4 is 11.8 Å². The van der Waals surface area contributed by atoms with Crippen molar-refractivity contribution in [2.75, 3.05) is 6.54 Å². The van der Waals surface area contributed by atoms with E-state index in [0.717, 1.165) is 17.0 Å². The predicted molar refractivity (Wildman–Crippen MR) is 73.0 cm³/mol. The zero-order valence-corrected chi connectivity index (χ0v) is 12.0. The van der Waals surface area contributed by atoms with E-state index in [1.807, 2.05) is 13.8 Å². The van der Waals surface area contributed by atoms with Gasteiger partial charge in [-0.25, -0.2) is 8.78 Å². The number of rotatable bonds is 3. The van der Waals surface area contributed by atoms with Crippen LogP contribution in [-0.2, 0) is 9.59 Å². The molecule has 21 heavy (non-hydrogen) atoms. The van der Waals surface area contributed by atoms with Crippen molar-refractivity contribution in [2.45, 2.75) is 32.7 Å². The van der Waals surface area contributed by atoms with Gasteiger partial charge in [0, 0.05) is 31.0 Å². The first kappa shape index (κ1) is 15.6. The van der Waals surface area contributed by atoms with Crippen LogP contribution in [0.25, 0.3) is 0 Å². The minimum Gasteiger partial charge on any atom is -0.322 e. The van der Waals surface area contributed by atoms with Crippen LogP contribution in [0.15, 0.2) is 18.2 Å². The number of piperidine rings is 1. The summed E-state index contributed by atoms with van der Waals surface area (Å²) in [5.41, 5.74) is 5.58. The van der Waals surface area contributed by atoms with Crippen molar-refractivity contribution in [3.63, 3.8) is 0 Å². The van der Waals surface area contributed by atoms with Crippen molar-refractivity contribution < 1.29 is 18.4 Å². The van der Waals surface area contributed by atoms with Crippen LogP contribution in [0.2, 0.25) is 0 Å². The Hall–Kier alpha value is -1.82. The number of carbonyl (C=O) groups is 2. The zero-order chi connectivity index (χ0) is 15.8. The molecule has 0 saturated carbocycles. The largest absolute Gasteiger partial charge is 0.322 e. The Morgan fingerprint density at radius 2 is 1.81 bits per heavy atom. The van der Waals surface area contributed by atoms with Crippen LogP contribution >= 0.6 is 0 Å². The average molecular weight is 296 g/mol. The first-order valence-electron chi connectivity index (χ1n) is 6.73. The summed E-state index contributed by atoms with van der Waals surface area (Å²) < 4.78 is 26.5. The molecule has 6 heteroatoms. The van der Waals surface area contributed by atoms with E-state index in [9.17, 15) is 18.4 Å². The average Bonchev–Trinajstić information content (AvgIpc) is 2.32. The van der Waals surface area contributed by atoms with Gasteiger partial charge >= 0.3 is 0 Å². The van der Waals surface area contributed by atoms with Crippen molar-refractivity contribution in [3.05, 3.63) is 35.4 Å². The predicted octanol–water partition coefficient (Wildman–Crippen LogP) is 2.14. The Bertz CT molecular complexity index is 567. The molecule has 1 fully saturated rings. The molecule has 1 aromatic carbocycles. The SMILES string of the molecule is CC1(C)CC(=O)N(CC(N)c2ccc(F)cc2F)C(=O)C1. The molecule has 114 valence electrons. The molecule has 2 rings (SSSR count). The van der Waals surface area contributed by atoms with E-state index in [4.69, 9.17) is 5.73 Å². The molecule has 1 aromatic rings. The van der Waals surface area contributed by atoms with Crippen LogP contribution in [0.4, 0.5) is 8.78 Å². The van der Waals surface area contributed by atoms with Gasteiger partial charge < -0.3 is 5.73 Å². The highest BCUT2D eigenvalue weighted by Gasteiger charge is 2.38. The van der Waals surface area contributed by atoms with E-state index in [1.165, 1.54) is 6.07 Å². The van der Waals surface area contributed by atoms with Gasteiger partial charge in [0.05, 0.1) is 6.04 Å². The van der Waals surface area contributed by atoms with E-state index in [0.29, 0.717) is 0 Å². The molecule has 1 saturated heterocycles. The molecule has 0 aromatic heterocycles. The molecule has 0 radical (unpaired) electrons.